The van der Waals surface area contributed by atoms with E-state index in [0.29, 0.717) is 19.2 Å². The predicted molar refractivity (Wildman–Crippen MR) is 96.8 cm³/mol. The van der Waals surface area contributed by atoms with Gasteiger partial charge in [0, 0.05) is 19.1 Å². The normalized spacial score (nSPS) is 21.2. The van der Waals surface area contributed by atoms with Gasteiger partial charge in [0.15, 0.2) is 0 Å². The first-order valence-corrected chi connectivity index (χ1v) is 8.92. The third-order valence-electron chi connectivity index (χ3n) is 4.90. The molecule has 1 N–H and O–H groups in total. The Kier molecular flexibility index (Phi) is 4.59. The Balaban J connectivity index is 1.44. The molecule has 2 aliphatic rings. The van der Waals surface area contributed by atoms with Gasteiger partial charge in [-0.25, -0.2) is 0 Å². The number of nitrogens with zero attached hydrogens (tertiary/aromatic N) is 1. The number of amides is 1. The van der Waals surface area contributed by atoms with Crippen molar-refractivity contribution in [1.29, 1.82) is 0 Å². The zero-order chi connectivity index (χ0) is 17.2. The highest BCUT2D eigenvalue weighted by Gasteiger charge is 2.27. The summed E-state index contributed by atoms with van der Waals surface area (Å²) in [5, 5.41) is 5.38. The van der Waals surface area contributed by atoms with Crippen molar-refractivity contribution in [3.05, 3.63) is 42.0 Å². The highest BCUT2D eigenvalue weighted by Crippen LogP contribution is 2.28. The molecule has 4 rings (SSSR count). The summed E-state index contributed by atoms with van der Waals surface area (Å²) in [6, 6.07) is 12.9. The zero-order valence-corrected chi connectivity index (χ0v) is 14.5. The van der Waals surface area contributed by atoms with Crippen molar-refractivity contribution in [2.45, 2.75) is 25.0 Å². The van der Waals surface area contributed by atoms with Gasteiger partial charge in [0.1, 0.15) is 5.75 Å². The Labute approximate surface area is 147 Å². The third kappa shape index (κ3) is 3.94. The second kappa shape index (κ2) is 7.02. The quantitative estimate of drug-likeness (QED) is 0.909. The molecule has 0 radical (unpaired) electrons. The van der Waals surface area contributed by atoms with Gasteiger partial charge in [-0.05, 0) is 47.4 Å². The average Bonchev–Trinajstić information content (AvgIpc) is 3.44. The first kappa shape index (κ1) is 16.4. The van der Waals surface area contributed by atoms with E-state index in [1.807, 2.05) is 12.1 Å². The minimum atomic E-state index is 0.00831. The minimum absolute atomic E-state index is 0.00831. The molecular weight excluding hydrogens is 316 g/mol. The second-order valence-corrected chi connectivity index (χ2v) is 6.91. The van der Waals surface area contributed by atoms with E-state index in [4.69, 9.17) is 9.47 Å². The fourth-order valence-electron chi connectivity index (χ4n) is 3.32. The molecule has 1 saturated heterocycles. The summed E-state index contributed by atoms with van der Waals surface area (Å²) in [7, 11) is 1.68. The van der Waals surface area contributed by atoms with Gasteiger partial charge in [-0.3, -0.25) is 9.69 Å². The van der Waals surface area contributed by atoms with Crippen LogP contribution in [0.4, 0.5) is 0 Å². The molecule has 5 heteroatoms. The lowest BCUT2D eigenvalue weighted by Crippen LogP contribution is -2.44. The minimum Gasteiger partial charge on any atom is -0.497 e. The number of methoxy groups -OCH3 is 1. The van der Waals surface area contributed by atoms with E-state index < -0.39 is 0 Å². The maximum absolute atomic E-state index is 12.0. The van der Waals surface area contributed by atoms with Crippen LogP contribution < -0.4 is 10.1 Å². The van der Waals surface area contributed by atoms with Crippen LogP contribution in [0.2, 0.25) is 0 Å². The maximum Gasteiger partial charge on any atom is 0.234 e. The van der Waals surface area contributed by atoms with Gasteiger partial charge in [0.05, 0.1) is 26.4 Å². The molecule has 2 fully saturated rings. The molecule has 1 atom stereocenters. The summed E-state index contributed by atoms with van der Waals surface area (Å²) in [5.74, 6) is 0.996. The molecule has 1 amide bonds. The standard InChI is InChI=1S/C20H24N2O3/c1-24-18-7-4-14-10-16(3-2-15(14)11-18)19-12-22(8-9-25-19)13-20(23)21-17-5-6-17/h2-4,7,10-11,17,19H,5-6,8-9,12-13H2,1H3,(H,21,23). The molecule has 5 nitrogen and oxygen atoms in total. The number of carbonyl (C=O) groups excluding carboxylic acids is 1. The van der Waals surface area contributed by atoms with Crippen LogP contribution in [0.5, 0.6) is 5.75 Å². The Morgan fingerprint density at radius 3 is 2.84 bits per heavy atom. The van der Waals surface area contributed by atoms with E-state index in [9.17, 15) is 4.79 Å². The number of hydrogen-bond acceptors (Lipinski definition) is 4. The largest absolute Gasteiger partial charge is 0.497 e. The topological polar surface area (TPSA) is 50.8 Å². The Hall–Kier alpha value is -2.11. The lowest BCUT2D eigenvalue weighted by atomic mass is 10.0. The molecule has 2 aromatic rings. The van der Waals surface area contributed by atoms with Crippen molar-refractivity contribution in [2.75, 3.05) is 33.4 Å². The van der Waals surface area contributed by atoms with Crippen molar-refractivity contribution in [2.24, 2.45) is 0 Å². The first-order chi connectivity index (χ1) is 12.2. The van der Waals surface area contributed by atoms with E-state index in [0.717, 1.165) is 42.6 Å². The van der Waals surface area contributed by atoms with E-state index >= 15 is 0 Å². The second-order valence-electron chi connectivity index (χ2n) is 6.91. The molecule has 25 heavy (non-hydrogen) atoms. The van der Waals surface area contributed by atoms with Crippen LogP contribution in [0.1, 0.15) is 24.5 Å². The number of fused-ring (bicyclic) bond motifs is 1. The molecule has 0 aromatic heterocycles. The lowest BCUT2D eigenvalue weighted by Gasteiger charge is -2.32. The molecule has 1 aliphatic carbocycles. The summed E-state index contributed by atoms with van der Waals surface area (Å²) < 4.78 is 11.2. The predicted octanol–water partition coefficient (Wildman–Crippen LogP) is 2.50. The van der Waals surface area contributed by atoms with Crippen LogP contribution in [0.15, 0.2) is 36.4 Å². The van der Waals surface area contributed by atoms with E-state index in [-0.39, 0.29) is 12.0 Å². The van der Waals surface area contributed by atoms with Gasteiger partial charge >= 0.3 is 0 Å². The van der Waals surface area contributed by atoms with Gasteiger partial charge in [-0.15, -0.1) is 0 Å². The fraction of sp³-hybridized carbons (Fsp3) is 0.450. The van der Waals surface area contributed by atoms with E-state index in [1.165, 1.54) is 5.39 Å². The monoisotopic (exact) mass is 340 g/mol. The molecule has 132 valence electrons. The van der Waals surface area contributed by atoms with Gasteiger partial charge in [-0.1, -0.05) is 18.2 Å². The van der Waals surface area contributed by atoms with Gasteiger partial charge in [0.2, 0.25) is 5.91 Å². The summed E-state index contributed by atoms with van der Waals surface area (Å²) in [5.41, 5.74) is 1.16. The highest BCUT2D eigenvalue weighted by atomic mass is 16.5. The number of ether oxygens (including phenoxy) is 2. The number of morpholine rings is 1. The highest BCUT2D eigenvalue weighted by molar-refractivity contribution is 5.84. The van der Waals surface area contributed by atoms with Crippen LogP contribution in [-0.4, -0.2) is 50.2 Å². The molecule has 2 aromatic carbocycles. The molecule has 1 heterocycles. The van der Waals surface area contributed by atoms with Crippen LogP contribution in [0.3, 0.4) is 0 Å². The van der Waals surface area contributed by atoms with Crippen molar-refractivity contribution < 1.29 is 14.3 Å². The molecule has 1 aliphatic heterocycles. The Morgan fingerprint density at radius 1 is 1.24 bits per heavy atom. The van der Waals surface area contributed by atoms with E-state index in [1.54, 1.807) is 7.11 Å². The van der Waals surface area contributed by atoms with Crippen molar-refractivity contribution in [3.8, 4) is 5.75 Å². The van der Waals surface area contributed by atoms with Crippen molar-refractivity contribution >= 4 is 16.7 Å². The first-order valence-electron chi connectivity index (χ1n) is 8.92. The average molecular weight is 340 g/mol. The Morgan fingerprint density at radius 2 is 2.04 bits per heavy atom. The van der Waals surface area contributed by atoms with Crippen LogP contribution in [0.25, 0.3) is 10.8 Å². The smallest absolute Gasteiger partial charge is 0.234 e. The number of hydrogen-bond donors (Lipinski definition) is 1. The fourth-order valence-corrected chi connectivity index (χ4v) is 3.32. The number of nitrogens with one attached hydrogen (secondary N) is 1. The van der Waals surface area contributed by atoms with Crippen LogP contribution >= 0.6 is 0 Å². The van der Waals surface area contributed by atoms with E-state index in [2.05, 4.69) is 34.5 Å². The van der Waals surface area contributed by atoms with Crippen LogP contribution in [0, 0.1) is 0 Å². The van der Waals surface area contributed by atoms with Crippen LogP contribution in [-0.2, 0) is 9.53 Å². The summed E-state index contributed by atoms with van der Waals surface area (Å²) in [6.45, 7) is 2.67. The number of rotatable bonds is 5. The zero-order valence-electron chi connectivity index (χ0n) is 14.5. The number of carbonyl (C=O) groups is 1. The number of benzene rings is 2. The molecule has 0 spiro atoms. The van der Waals surface area contributed by atoms with Gasteiger partial charge in [0.25, 0.3) is 0 Å². The molecular formula is C20H24N2O3. The molecule has 1 unspecified atom stereocenters. The summed E-state index contributed by atoms with van der Waals surface area (Å²) in [6.07, 6.45) is 2.26. The Bertz CT molecular complexity index is 773. The SMILES string of the molecule is COc1ccc2cc(C3CN(CC(=O)NC4CC4)CCO3)ccc2c1. The third-order valence-corrected chi connectivity index (χ3v) is 4.90. The summed E-state index contributed by atoms with van der Waals surface area (Å²) in [4.78, 5) is 14.2. The summed E-state index contributed by atoms with van der Waals surface area (Å²) >= 11 is 0. The maximum atomic E-state index is 12.0. The van der Waals surface area contributed by atoms with Gasteiger partial charge < -0.3 is 14.8 Å². The molecule has 0 bridgehead atoms. The lowest BCUT2D eigenvalue weighted by molar-refractivity contribution is -0.124. The molecule has 1 saturated carbocycles. The van der Waals surface area contributed by atoms with Gasteiger partial charge in [-0.2, -0.15) is 0 Å². The van der Waals surface area contributed by atoms with Crippen molar-refractivity contribution in [3.63, 3.8) is 0 Å². The van der Waals surface area contributed by atoms with Crippen molar-refractivity contribution in [1.82, 2.24) is 10.2 Å².